The molecule has 0 unspecified atom stereocenters. The molecule has 2 aromatic rings. The lowest BCUT2D eigenvalue weighted by Crippen LogP contribution is -2.29. The molecule has 0 aliphatic carbocycles. The Bertz CT molecular complexity index is 759. The Labute approximate surface area is 126 Å². The number of fused-ring (bicyclic) bond motifs is 1. The van der Waals surface area contributed by atoms with E-state index in [4.69, 9.17) is 0 Å². The van der Waals surface area contributed by atoms with Gasteiger partial charge < -0.3 is 0 Å². The van der Waals surface area contributed by atoms with Crippen LogP contribution in [0.25, 0.3) is 0 Å². The van der Waals surface area contributed by atoms with Crippen molar-refractivity contribution in [2.45, 2.75) is 6.54 Å². The summed E-state index contributed by atoms with van der Waals surface area (Å²) in [6.45, 7) is -0.124. The number of anilines is 1. The number of carbonyl (C=O) groups is 2. The van der Waals surface area contributed by atoms with Crippen LogP contribution in [-0.2, 0) is 11.3 Å². The fourth-order valence-corrected chi connectivity index (χ4v) is 2.51. The summed E-state index contributed by atoms with van der Waals surface area (Å²) in [7, 11) is 0. The number of aromatic nitrogens is 1. The molecule has 1 aromatic carbocycles. The van der Waals surface area contributed by atoms with E-state index in [1.807, 2.05) is 0 Å². The zero-order valence-corrected chi connectivity index (χ0v) is 12.0. The van der Waals surface area contributed by atoms with E-state index in [1.54, 1.807) is 0 Å². The van der Waals surface area contributed by atoms with Crippen LogP contribution in [0.1, 0.15) is 15.9 Å². The molecule has 7 heteroatoms. The third-order valence-corrected chi connectivity index (χ3v) is 3.47. The normalized spacial score (nSPS) is 13.8. The Morgan fingerprint density at radius 3 is 2.43 bits per heavy atom. The summed E-state index contributed by atoms with van der Waals surface area (Å²) in [5.74, 6) is -2.74. The highest BCUT2D eigenvalue weighted by Crippen LogP contribution is 2.30. The summed E-state index contributed by atoms with van der Waals surface area (Å²) in [6, 6.07) is 4.45. The smallest absolute Gasteiger partial charge is 0.285 e. The van der Waals surface area contributed by atoms with Gasteiger partial charge in [0.2, 0.25) is 0 Å². The Balaban J connectivity index is 2.00. The molecule has 0 spiro atoms. The summed E-state index contributed by atoms with van der Waals surface area (Å²) in [5, 5.41) is 0. The number of carbonyl (C=O) groups excluding carboxylic acids is 2. The molecule has 0 fully saturated rings. The van der Waals surface area contributed by atoms with Gasteiger partial charge in [-0.2, -0.15) is 0 Å². The molecule has 0 saturated heterocycles. The van der Waals surface area contributed by atoms with E-state index in [0.717, 1.165) is 23.1 Å². The number of amides is 1. The van der Waals surface area contributed by atoms with Crippen LogP contribution in [0.5, 0.6) is 0 Å². The largest absolute Gasteiger partial charge is 0.301 e. The van der Waals surface area contributed by atoms with Crippen molar-refractivity contribution in [2.75, 3.05) is 4.90 Å². The van der Waals surface area contributed by atoms with E-state index in [0.29, 0.717) is 4.47 Å². The molecular weight excluding hydrogens is 346 g/mol. The van der Waals surface area contributed by atoms with Crippen molar-refractivity contribution in [1.82, 2.24) is 4.98 Å². The number of ketones is 1. The highest BCUT2D eigenvalue weighted by molar-refractivity contribution is 9.10. The quantitative estimate of drug-likeness (QED) is 0.781. The molecule has 0 bridgehead atoms. The molecular formula is C14H7BrF2N2O2. The van der Waals surface area contributed by atoms with Crippen LogP contribution in [0.15, 0.2) is 34.9 Å². The van der Waals surface area contributed by atoms with Crippen molar-refractivity contribution in [3.8, 4) is 0 Å². The van der Waals surface area contributed by atoms with Gasteiger partial charge in [0.25, 0.3) is 5.78 Å². The Kier molecular flexibility index (Phi) is 3.29. The summed E-state index contributed by atoms with van der Waals surface area (Å²) >= 11 is 3.17. The number of nitrogens with zero attached hydrogens (tertiary/aromatic N) is 2. The molecule has 0 saturated carbocycles. The van der Waals surface area contributed by atoms with Crippen molar-refractivity contribution < 1.29 is 18.4 Å². The van der Waals surface area contributed by atoms with E-state index in [2.05, 4.69) is 20.9 Å². The third-order valence-electron chi connectivity index (χ3n) is 3.04. The number of hydrogen-bond acceptors (Lipinski definition) is 3. The minimum Gasteiger partial charge on any atom is -0.285 e. The first-order chi connectivity index (χ1) is 9.95. The van der Waals surface area contributed by atoms with Crippen molar-refractivity contribution in [3.05, 3.63) is 57.7 Å². The van der Waals surface area contributed by atoms with Gasteiger partial charge in [-0.1, -0.05) is 0 Å². The summed E-state index contributed by atoms with van der Waals surface area (Å²) in [6.07, 6.45) is 1.45. The number of Topliss-reactive ketones (excluding diaryl/α,β-unsaturated/α-hetero) is 1. The summed E-state index contributed by atoms with van der Waals surface area (Å²) < 4.78 is 27.0. The Hall–Kier alpha value is -2.15. The van der Waals surface area contributed by atoms with Crippen molar-refractivity contribution in [2.24, 2.45) is 0 Å². The predicted molar refractivity (Wildman–Crippen MR) is 73.8 cm³/mol. The molecule has 0 atom stereocenters. The fourth-order valence-electron chi connectivity index (χ4n) is 2.18. The standard InChI is InChI=1S/C14H7BrF2N2O2/c15-8-3-11-12(20)14(21)19(13(11)18-5-8)6-7-1-9(16)4-10(17)2-7/h1-5H,6H2. The summed E-state index contributed by atoms with van der Waals surface area (Å²) in [5.41, 5.74) is 0.414. The van der Waals surface area contributed by atoms with E-state index < -0.39 is 23.3 Å². The maximum Gasteiger partial charge on any atom is 0.301 e. The number of hydrogen-bond donors (Lipinski definition) is 0. The van der Waals surface area contributed by atoms with Crippen molar-refractivity contribution in [1.29, 1.82) is 0 Å². The lowest BCUT2D eigenvalue weighted by Gasteiger charge is -2.15. The third kappa shape index (κ3) is 2.44. The molecule has 1 aliphatic heterocycles. The van der Waals surface area contributed by atoms with Gasteiger partial charge in [0.1, 0.15) is 17.5 Å². The van der Waals surface area contributed by atoms with Gasteiger partial charge in [-0.3, -0.25) is 14.5 Å². The molecule has 1 aromatic heterocycles. The van der Waals surface area contributed by atoms with Gasteiger partial charge in [-0.25, -0.2) is 13.8 Å². The van der Waals surface area contributed by atoms with Crippen LogP contribution in [0, 0.1) is 11.6 Å². The zero-order valence-electron chi connectivity index (χ0n) is 10.4. The van der Waals surface area contributed by atoms with E-state index in [1.165, 1.54) is 12.3 Å². The number of pyridine rings is 1. The van der Waals surface area contributed by atoms with Crippen LogP contribution >= 0.6 is 15.9 Å². The van der Waals surface area contributed by atoms with Crippen LogP contribution in [-0.4, -0.2) is 16.7 Å². The average molecular weight is 353 g/mol. The van der Waals surface area contributed by atoms with Crippen LogP contribution in [0.3, 0.4) is 0 Å². The topological polar surface area (TPSA) is 50.3 Å². The highest BCUT2D eigenvalue weighted by atomic mass is 79.9. The second kappa shape index (κ2) is 5.00. The van der Waals surface area contributed by atoms with Gasteiger partial charge in [-0.15, -0.1) is 0 Å². The predicted octanol–water partition coefficient (Wildman–Crippen LogP) is 2.85. The zero-order chi connectivity index (χ0) is 15.1. The van der Waals surface area contributed by atoms with E-state index >= 15 is 0 Å². The molecule has 0 radical (unpaired) electrons. The first-order valence-corrected chi connectivity index (χ1v) is 6.72. The molecule has 106 valence electrons. The first kappa shape index (κ1) is 13.8. The van der Waals surface area contributed by atoms with Crippen molar-refractivity contribution in [3.63, 3.8) is 0 Å². The average Bonchev–Trinajstić information content (AvgIpc) is 2.63. The first-order valence-electron chi connectivity index (χ1n) is 5.92. The molecule has 2 heterocycles. The molecule has 0 N–H and O–H groups in total. The highest BCUT2D eigenvalue weighted by Gasteiger charge is 2.37. The monoisotopic (exact) mass is 352 g/mol. The fraction of sp³-hybridized carbons (Fsp3) is 0.0714. The lowest BCUT2D eigenvalue weighted by atomic mass is 10.2. The molecule has 1 aliphatic rings. The van der Waals surface area contributed by atoms with Crippen LogP contribution in [0.4, 0.5) is 14.6 Å². The Morgan fingerprint density at radius 1 is 1.10 bits per heavy atom. The van der Waals surface area contributed by atoms with Gasteiger partial charge in [0, 0.05) is 16.7 Å². The molecule has 4 nitrogen and oxygen atoms in total. The van der Waals surface area contributed by atoms with Crippen molar-refractivity contribution >= 4 is 33.4 Å². The molecule has 1 amide bonds. The maximum atomic E-state index is 13.2. The minimum atomic E-state index is -0.764. The van der Waals surface area contributed by atoms with E-state index in [9.17, 15) is 18.4 Å². The SMILES string of the molecule is O=C1C(=O)N(Cc2cc(F)cc(F)c2)c2ncc(Br)cc21. The lowest BCUT2D eigenvalue weighted by molar-refractivity contribution is -0.114. The Morgan fingerprint density at radius 2 is 1.76 bits per heavy atom. The van der Waals surface area contributed by atoms with Gasteiger partial charge in [-0.05, 0) is 39.7 Å². The maximum absolute atomic E-state index is 13.2. The molecule has 3 rings (SSSR count). The van der Waals surface area contributed by atoms with Crippen LogP contribution < -0.4 is 4.90 Å². The minimum absolute atomic E-state index is 0.124. The molecule has 21 heavy (non-hydrogen) atoms. The van der Waals surface area contributed by atoms with Gasteiger partial charge in [0.15, 0.2) is 0 Å². The number of rotatable bonds is 2. The number of benzene rings is 1. The summed E-state index contributed by atoms with van der Waals surface area (Å²) in [4.78, 5) is 29.0. The van der Waals surface area contributed by atoms with Crippen LogP contribution in [0.2, 0.25) is 0 Å². The van der Waals surface area contributed by atoms with Gasteiger partial charge >= 0.3 is 5.91 Å². The number of halogens is 3. The van der Waals surface area contributed by atoms with Gasteiger partial charge in [0.05, 0.1) is 12.1 Å². The second-order valence-electron chi connectivity index (χ2n) is 4.52. The second-order valence-corrected chi connectivity index (χ2v) is 5.44. The van der Waals surface area contributed by atoms with E-state index in [-0.39, 0.29) is 23.5 Å².